The number of aryl methyl sites for hydroxylation is 1. The van der Waals surface area contributed by atoms with Crippen LogP contribution in [0.3, 0.4) is 0 Å². The Bertz CT molecular complexity index is 487. The summed E-state index contributed by atoms with van der Waals surface area (Å²) in [5, 5.41) is 0. The smallest absolute Gasteiger partial charge is 0.170 e. The van der Waals surface area contributed by atoms with Gasteiger partial charge in [0.15, 0.2) is 11.6 Å². The van der Waals surface area contributed by atoms with E-state index in [0.29, 0.717) is 5.56 Å². The van der Waals surface area contributed by atoms with Gasteiger partial charge in [-0.3, -0.25) is 9.59 Å². The molecule has 18 heavy (non-hydrogen) atoms. The van der Waals surface area contributed by atoms with E-state index in [-0.39, 0.29) is 24.6 Å². The molecule has 0 fully saturated rings. The average molecular weight is 248 g/mol. The van der Waals surface area contributed by atoms with Crippen LogP contribution in [-0.4, -0.2) is 25.3 Å². The fourth-order valence-electron chi connectivity index (χ4n) is 1.99. The van der Waals surface area contributed by atoms with Gasteiger partial charge in [0.1, 0.15) is 6.61 Å². The summed E-state index contributed by atoms with van der Waals surface area (Å²) in [5.74, 6) is -0.307. The molecule has 0 spiro atoms. The molecule has 0 unspecified atom stereocenters. The van der Waals surface area contributed by atoms with Gasteiger partial charge >= 0.3 is 0 Å². The zero-order valence-electron chi connectivity index (χ0n) is 11.7. The van der Waals surface area contributed by atoms with Crippen molar-refractivity contribution >= 4 is 11.6 Å². The van der Waals surface area contributed by atoms with E-state index in [1.807, 2.05) is 33.8 Å². The molecule has 0 amide bonds. The molecule has 3 nitrogen and oxygen atoms in total. The fourth-order valence-corrected chi connectivity index (χ4v) is 1.99. The number of ketones is 2. The van der Waals surface area contributed by atoms with Crippen molar-refractivity contribution in [3.05, 3.63) is 33.9 Å². The van der Waals surface area contributed by atoms with Crippen LogP contribution in [-0.2, 0) is 9.53 Å². The molecule has 0 bridgehead atoms. The number of rotatable bonds is 5. The van der Waals surface area contributed by atoms with Crippen molar-refractivity contribution in [2.75, 3.05) is 13.7 Å². The Kier molecular flexibility index (Phi) is 4.79. The van der Waals surface area contributed by atoms with Crippen LogP contribution in [0.15, 0.2) is 6.07 Å². The first-order valence-corrected chi connectivity index (χ1v) is 5.99. The highest BCUT2D eigenvalue weighted by atomic mass is 16.5. The third-order valence-corrected chi connectivity index (χ3v) is 3.44. The Morgan fingerprint density at radius 2 is 1.67 bits per heavy atom. The van der Waals surface area contributed by atoms with Crippen molar-refractivity contribution in [3.63, 3.8) is 0 Å². The maximum absolute atomic E-state index is 12.1. The van der Waals surface area contributed by atoms with E-state index in [4.69, 9.17) is 4.74 Å². The van der Waals surface area contributed by atoms with E-state index in [9.17, 15) is 9.59 Å². The quantitative estimate of drug-likeness (QED) is 0.594. The van der Waals surface area contributed by atoms with Gasteiger partial charge in [-0.15, -0.1) is 0 Å². The minimum absolute atomic E-state index is 0.00534. The van der Waals surface area contributed by atoms with Gasteiger partial charge in [-0.05, 0) is 56.0 Å². The van der Waals surface area contributed by atoms with E-state index in [1.54, 1.807) is 0 Å². The number of hydrogen-bond acceptors (Lipinski definition) is 3. The normalized spacial score (nSPS) is 10.5. The summed E-state index contributed by atoms with van der Waals surface area (Å²) in [7, 11) is 1.45. The predicted molar refractivity (Wildman–Crippen MR) is 71.2 cm³/mol. The van der Waals surface area contributed by atoms with Crippen molar-refractivity contribution < 1.29 is 14.3 Å². The van der Waals surface area contributed by atoms with Gasteiger partial charge in [-0.1, -0.05) is 0 Å². The Labute approximate surface area is 108 Å². The van der Waals surface area contributed by atoms with Crippen LogP contribution in [0.25, 0.3) is 0 Å². The van der Waals surface area contributed by atoms with E-state index in [2.05, 4.69) is 0 Å². The van der Waals surface area contributed by atoms with Crippen LogP contribution in [0, 0.1) is 27.7 Å². The number of carbonyl (C=O) groups excluding carboxylic acids is 2. The highest BCUT2D eigenvalue weighted by Gasteiger charge is 2.16. The lowest BCUT2D eigenvalue weighted by Crippen LogP contribution is -2.14. The summed E-state index contributed by atoms with van der Waals surface area (Å²) in [5.41, 5.74) is 5.03. The molecule has 3 heteroatoms. The molecule has 0 radical (unpaired) electrons. The minimum atomic E-state index is -0.183. The number of ether oxygens (including phenoxy) is 1. The van der Waals surface area contributed by atoms with Crippen molar-refractivity contribution in [2.24, 2.45) is 0 Å². The third kappa shape index (κ3) is 3.05. The second-order valence-corrected chi connectivity index (χ2v) is 4.69. The second-order valence-electron chi connectivity index (χ2n) is 4.69. The van der Waals surface area contributed by atoms with Crippen LogP contribution in [0.2, 0.25) is 0 Å². The molecule has 0 aliphatic rings. The second kappa shape index (κ2) is 5.91. The first-order valence-electron chi connectivity index (χ1n) is 5.99. The number of carbonyl (C=O) groups is 2. The van der Waals surface area contributed by atoms with E-state index in [0.717, 1.165) is 16.7 Å². The number of Topliss-reactive ketones (excluding diaryl/α,β-unsaturated/α-hetero) is 2. The molecule has 0 aliphatic carbocycles. The highest BCUT2D eigenvalue weighted by molar-refractivity contribution is 6.09. The summed E-state index contributed by atoms with van der Waals surface area (Å²) in [4.78, 5) is 23.5. The monoisotopic (exact) mass is 248 g/mol. The Hall–Kier alpha value is -1.48. The van der Waals surface area contributed by atoms with Gasteiger partial charge in [0.25, 0.3) is 0 Å². The maximum Gasteiger partial charge on any atom is 0.170 e. The number of methoxy groups -OCH3 is 1. The highest BCUT2D eigenvalue weighted by Crippen LogP contribution is 2.22. The SMILES string of the molecule is COCC(=O)CC(=O)c1cc(C)c(C)c(C)c1C. The molecule has 1 aromatic rings. The van der Waals surface area contributed by atoms with Crippen LogP contribution < -0.4 is 0 Å². The van der Waals surface area contributed by atoms with Gasteiger partial charge in [0, 0.05) is 12.7 Å². The first kappa shape index (κ1) is 14.6. The van der Waals surface area contributed by atoms with E-state index < -0.39 is 0 Å². The molecule has 0 saturated heterocycles. The molecule has 0 saturated carbocycles. The zero-order chi connectivity index (χ0) is 13.9. The van der Waals surface area contributed by atoms with Crippen LogP contribution in [0.4, 0.5) is 0 Å². The van der Waals surface area contributed by atoms with Crippen LogP contribution >= 0.6 is 0 Å². The van der Waals surface area contributed by atoms with Crippen molar-refractivity contribution in [1.82, 2.24) is 0 Å². The maximum atomic E-state index is 12.1. The summed E-state index contributed by atoms with van der Waals surface area (Å²) < 4.78 is 4.74. The molecule has 1 rings (SSSR count). The van der Waals surface area contributed by atoms with Gasteiger partial charge in [-0.2, -0.15) is 0 Å². The van der Waals surface area contributed by atoms with Crippen LogP contribution in [0.1, 0.15) is 39.0 Å². The van der Waals surface area contributed by atoms with Crippen molar-refractivity contribution in [2.45, 2.75) is 34.1 Å². The van der Waals surface area contributed by atoms with Gasteiger partial charge < -0.3 is 4.74 Å². The summed E-state index contributed by atoms with van der Waals surface area (Å²) in [6.45, 7) is 7.95. The summed E-state index contributed by atoms with van der Waals surface area (Å²) in [6.07, 6.45) is -0.0867. The molecule has 98 valence electrons. The lowest BCUT2D eigenvalue weighted by atomic mass is 9.91. The predicted octanol–water partition coefficient (Wildman–Crippen LogP) is 2.71. The number of hydrogen-bond donors (Lipinski definition) is 0. The molecule has 0 aromatic heterocycles. The van der Waals surface area contributed by atoms with Crippen LogP contribution in [0.5, 0.6) is 0 Å². The lowest BCUT2D eigenvalue weighted by Gasteiger charge is -2.13. The van der Waals surface area contributed by atoms with Crippen molar-refractivity contribution in [3.8, 4) is 0 Å². The van der Waals surface area contributed by atoms with Gasteiger partial charge in [0.2, 0.25) is 0 Å². The number of benzene rings is 1. The van der Waals surface area contributed by atoms with E-state index in [1.165, 1.54) is 12.7 Å². The minimum Gasteiger partial charge on any atom is -0.377 e. The largest absolute Gasteiger partial charge is 0.377 e. The fraction of sp³-hybridized carbons (Fsp3) is 0.467. The Morgan fingerprint density at radius 1 is 1.06 bits per heavy atom. The Morgan fingerprint density at radius 3 is 2.22 bits per heavy atom. The molecule has 0 N–H and O–H groups in total. The lowest BCUT2D eigenvalue weighted by molar-refractivity contribution is -0.121. The molecule has 0 atom stereocenters. The molecule has 1 aromatic carbocycles. The van der Waals surface area contributed by atoms with E-state index >= 15 is 0 Å². The molecule has 0 heterocycles. The van der Waals surface area contributed by atoms with Crippen molar-refractivity contribution in [1.29, 1.82) is 0 Å². The zero-order valence-corrected chi connectivity index (χ0v) is 11.7. The molecule has 0 aliphatic heterocycles. The Balaban J connectivity index is 3.04. The third-order valence-electron chi connectivity index (χ3n) is 3.44. The standard InChI is InChI=1S/C15H20O3/c1-9-6-14(12(4)11(3)10(9)2)15(17)7-13(16)8-18-5/h6H,7-8H2,1-5H3. The summed E-state index contributed by atoms with van der Waals surface area (Å²) >= 11 is 0. The average Bonchev–Trinajstić information content (AvgIpc) is 2.31. The topological polar surface area (TPSA) is 43.4 Å². The summed E-state index contributed by atoms with van der Waals surface area (Å²) in [6, 6.07) is 1.88. The van der Waals surface area contributed by atoms with Gasteiger partial charge in [0.05, 0.1) is 6.42 Å². The molecular formula is C15H20O3. The first-order chi connectivity index (χ1) is 8.38. The molecular weight excluding hydrogens is 228 g/mol. The van der Waals surface area contributed by atoms with Gasteiger partial charge in [-0.25, -0.2) is 0 Å².